The van der Waals surface area contributed by atoms with Crippen molar-refractivity contribution >= 4 is 11.7 Å². The Kier molecular flexibility index (Phi) is 3.31. The number of aryl methyl sites for hydroxylation is 1. The molecule has 0 aromatic carbocycles. The predicted octanol–water partition coefficient (Wildman–Crippen LogP) is 1.91. The van der Waals surface area contributed by atoms with Crippen LogP contribution in [0.1, 0.15) is 30.9 Å². The van der Waals surface area contributed by atoms with Crippen LogP contribution in [0.4, 0.5) is 5.82 Å². The van der Waals surface area contributed by atoms with Crippen molar-refractivity contribution in [3.05, 3.63) is 23.4 Å². The fourth-order valence-electron chi connectivity index (χ4n) is 2.47. The standard InChI is InChI=1S/C13H20N4/c1-3-10-5-7-17(8-10)13-11(12(14)15)9(2)4-6-16-13/h4,6,10H,3,5,7-8H2,1-2H3,(H3,14,15). The van der Waals surface area contributed by atoms with Crippen molar-refractivity contribution in [2.45, 2.75) is 26.7 Å². The van der Waals surface area contributed by atoms with E-state index < -0.39 is 0 Å². The molecule has 1 aliphatic rings. The summed E-state index contributed by atoms with van der Waals surface area (Å²) in [7, 11) is 0. The van der Waals surface area contributed by atoms with Gasteiger partial charge in [0, 0.05) is 19.3 Å². The van der Waals surface area contributed by atoms with Crippen molar-refractivity contribution in [1.29, 1.82) is 5.41 Å². The summed E-state index contributed by atoms with van der Waals surface area (Å²) in [5, 5.41) is 7.69. The fourth-order valence-corrected chi connectivity index (χ4v) is 2.47. The minimum Gasteiger partial charge on any atom is -0.384 e. The van der Waals surface area contributed by atoms with Gasteiger partial charge in [0.15, 0.2) is 0 Å². The maximum Gasteiger partial charge on any atom is 0.139 e. The Morgan fingerprint density at radius 3 is 3.00 bits per heavy atom. The molecule has 1 unspecified atom stereocenters. The summed E-state index contributed by atoms with van der Waals surface area (Å²) < 4.78 is 0. The van der Waals surface area contributed by atoms with E-state index in [-0.39, 0.29) is 5.84 Å². The van der Waals surface area contributed by atoms with Gasteiger partial charge in [-0.3, -0.25) is 5.41 Å². The van der Waals surface area contributed by atoms with Crippen LogP contribution in [0.3, 0.4) is 0 Å². The zero-order valence-corrected chi connectivity index (χ0v) is 10.5. The first-order valence-electron chi connectivity index (χ1n) is 6.18. The summed E-state index contributed by atoms with van der Waals surface area (Å²) in [4.78, 5) is 6.68. The molecule has 1 aromatic rings. The molecule has 1 aliphatic heterocycles. The molecular formula is C13H20N4. The molecule has 3 N–H and O–H groups in total. The Hall–Kier alpha value is -1.58. The molecule has 1 atom stereocenters. The minimum atomic E-state index is 0.116. The summed E-state index contributed by atoms with van der Waals surface area (Å²) in [6.07, 6.45) is 4.22. The van der Waals surface area contributed by atoms with Crippen molar-refractivity contribution < 1.29 is 0 Å². The van der Waals surface area contributed by atoms with Gasteiger partial charge in [-0.25, -0.2) is 4.98 Å². The SMILES string of the molecule is CCC1CCN(c2nccc(C)c2C(=N)N)C1. The largest absolute Gasteiger partial charge is 0.384 e. The molecule has 0 saturated carbocycles. The maximum absolute atomic E-state index is 7.69. The average Bonchev–Trinajstić information content (AvgIpc) is 2.76. The second kappa shape index (κ2) is 4.73. The number of amidine groups is 1. The number of pyridine rings is 1. The molecule has 0 spiro atoms. The van der Waals surface area contributed by atoms with E-state index in [1.807, 2.05) is 13.0 Å². The first kappa shape index (κ1) is 11.9. The van der Waals surface area contributed by atoms with Gasteiger partial charge in [0.2, 0.25) is 0 Å². The van der Waals surface area contributed by atoms with Gasteiger partial charge in [-0.1, -0.05) is 13.3 Å². The van der Waals surface area contributed by atoms with Gasteiger partial charge in [-0.15, -0.1) is 0 Å². The normalized spacial score (nSPS) is 19.6. The van der Waals surface area contributed by atoms with E-state index in [1.165, 1.54) is 12.8 Å². The van der Waals surface area contributed by atoms with Crippen LogP contribution in [0.25, 0.3) is 0 Å². The molecular weight excluding hydrogens is 212 g/mol. The Labute approximate surface area is 102 Å². The van der Waals surface area contributed by atoms with Gasteiger partial charge in [-0.2, -0.15) is 0 Å². The highest BCUT2D eigenvalue weighted by Crippen LogP contribution is 2.27. The quantitative estimate of drug-likeness (QED) is 0.618. The third-order valence-electron chi connectivity index (χ3n) is 3.57. The monoisotopic (exact) mass is 232 g/mol. The van der Waals surface area contributed by atoms with Crippen LogP contribution in [-0.4, -0.2) is 23.9 Å². The highest BCUT2D eigenvalue weighted by molar-refractivity contribution is 6.01. The molecule has 2 rings (SSSR count). The highest BCUT2D eigenvalue weighted by Gasteiger charge is 2.25. The van der Waals surface area contributed by atoms with E-state index in [0.29, 0.717) is 0 Å². The number of nitrogens with one attached hydrogen (secondary N) is 1. The number of hydrogen-bond acceptors (Lipinski definition) is 3. The zero-order chi connectivity index (χ0) is 12.4. The highest BCUT2D eigenvalue weighted by atomic mass is 15.2. The van der Waals surface area contributed by atoms with Crippen LogP contribution < -0.4 is 10.6 Å². The smallest absolute Gasteiger partial charge is 0.139 e. The summed E-state index contributed by atoms with van der Waals surface area (Å²) >= 11 is 0. The number of anilines is 1. The van der Waals surface area contributed by atoms with Crippen LogP contribution >= 0.6 is 0 Å². The predicted molar refractivity (Wildman–Crippen MR) is 70.6 cm³/mol. The van der Waals surface area contributed by atoms with Crippen LogP contribution in [0.15, 0.2) is 12.3 Å². The van der Waals surface area contributed by atoms with Crippen molar-refractivity contribution in [2.24, 2.45) is 11.7 Å². The number of hydrogen-bond donors (Lipinski definition) is 2. The molecule has 1 aromatic heterocycles. The second-order valence-electron chi connectivity index (χ2n) is 4.75. The third-order valence-corrected chi connectivity index (χ3v) is 3.57. The lowest BCUT2D eigenvalue weighted by Crippen LogP contribution is -2.26. The Morgan fingerprint density at radius 2 is 2.41 bits per heavy atom. The lowest BCUT2D eigenvalue weighted by molar-refractivity contribution is 0.568. The van der Waals surface area contributed by atoms with Crippen LogP contribution in [0, 0.1) is 18.3 Å². The van der Waals surface area contributed by atoms with Crippen LogP contribution in [0.5, 0.6) is 0 Å². The van der Waals surface area contributed by atoms with Gasteiger partial charge < -0.3 is 10.6 Å². The maximum atomic E-state index is 7.69. The molecule has 0 bridgehead atoms. The number of nitrogens with zero attached hydrogens (tertiary/aromatic N) is 2. The molecule has 17 heavy (non-hydrogen) atoms. The topological polar surface area (TPSA) is 66.0 Å². The number of nitrogen functional groups attached to an aromatic ring is 1. The van der Waals surface area contributed by atoms with Crippen LogP contribution in [0.2, 0.25) is 0 Å². The van der Waals surface area contributed by atoms with Gasteiger partial charge in [0.05, 0.1) is 5.56 Å². The van der Waals surface area contributed by atoms with E-state index in [1.54, 1.807) is 6.20 Å². The number of nitrogens with two attached hydrogens (primary N) is 1. The molecule has 4 heteroatoms. The van der Waals surface area contributed by atoms with Crippen molar-refractivity contribution in [2.75, 3.05) is 18.0 Å². The molecule has 0 amide bonds. The summed E-state index contributed by atoms with van der Waals surface area (Å²) in [6.45, 7) is 6.27. The van der Waals surface area contributed by atoms with Gasteiger partial charge >= 0.3 is 0 Å². The van der Waals surface area contributed by atoms with E-state index in [9.17, 15) is 0 Å². The molecule has 4 nitrogen and oxygen atoms in total. The molecule has 1 fully saturated rings. The number of aromatic nitrogens is 1. The third kappa shape index (κ3) is 2.25. The zero-order valence-electron chi connectivity index (χ0n) is 10.5. The van der Waals surface area contributed by atoms with E-state index in [0.717, 1.165) is 36.0 Å². The fraction of sp³-hybridized carbons (Fsp3) is 0.538. The molecule has 0 aliphatic carbocycles. The lowest BCUT2D eigenvalue weighted by atomic mass is 10.1. The number of rotatable bonds is 3. The lowest BCUT2D eigenvalue weighted by Gasteiger charge is -2.21. The van der Waals surface area contributed by atoms with Gasteiger partial charge in [0.25, 0.3) is 0 Å². The molecule has 2 heterocycles. The van der Waals surface area contributed by atoms with Gasteiger partial charge in [-0.05, 0) is 30.9 Å². The summed E-state index contributed by atoms with van der Waals surface area (Å²) in [6, 6.07) is 1.91. The minimum absolute atomic E-state index is 0.116. The van der Waals surface area contributed by atoms with Crippen molar-refractivity contribution in [1.82, 2.24) is 4.98 Å². The van der Waals surface area contributed by atoms with Crippen molar-refractivity contribution in [3.63, 3.8) is 0 Å². The first-order valence-corrected chi connectivity index (χ1v) is 6.18. The molecule has 0 radical (unpaired) electrons. The Balaban J connectivity index is 2.33. The van der Waals surface area contributed by atoms with Crippen molar-refractivity contribution in [3.8, 4) is 0 Å². The van der Waals surface area contributed by atoms with Gasteiger partial charge in [0.1, 0.15) is 11.7 Å². The Morgan fingerprint density at radius 1 is 1.65 bits per heavy atom. The first-order chi connectivity index (χ1) is 8.13. The van der Waals surface area contributed by atoms with E-state index in [4.69, 9.17) is 11.1 Å². The van der Waals surface area contributed by atoms with E-state index >= 15 is 0 Å². The summed E-state index contributed by atoms with van der Waals surface area (Å²) in [5.41, 5.74) is 7.49. The second-order valence-corrected chi connectivity index (χ2v) is 4.75. The van der Waals surface area contributed by atoms with Crippen LogP contribution in [-0.2, 0) is 0 Å². The Bertz CT molecular complexity index is 427. The van der Waals surface area contributed by atoms with E-state index in [2.05, 4.69) is 16.8 Å². The molecule has 1 saturated heterocycles. The molecule has 92 valence electrons. The summed E-state index contributed by atoms with van der Waals surface area (Å²) in [5.74, 6) is 1.75. The average molecular weight is 232 g/mol.